The SMILES string of the molecule is CC1CCC(C2CCC(C3CCC(F)C(F)C3F)CC2)CC1. The molecule has 128 valence electrons. The van der Waals surface area contributed by atoms with Crippen LogP contribution in [0.5, 0.6) is 0 Å². The van der Waals surface area contributed by atoms with Crippen LogP contribution in [0.25, 0.3) is 0 Å². The molecule has 3 fully saturated rings. The van der Waals surface area contributed by atoms with Gasteiger partial charge in [0.2, 0.25) is 0 Å². The molecule has 0 aromatic carbocycles. The lowest BCUT2D eigenvalue weighted by atomic mass is 9.65. The van der Waals surface area contributed by atoms with Crippen molar-refractivity contribution in [1.29, 1.82) is 0 Å². The minimum atomic E-state index is -1.88. The third-order valence-corrected chi connectivity index (χ3v) is 6.98. The highest BCUT2D eigenvalue weighted by atomic mass is 19.2. The Bertz CT molecular complexity index is 343. The van der Waals surface area contributed by atoms with Gasteiger partial charge in [0, 0.05) is 0 Å². The summed E-state index contributed by atoms with van der Waals surface area (Å²) in [6.07, 6.45) is 5.62. The fourth-order valence-electron chi connectivity index (χ4n) is 5.40. The summed E-state index contributed by atoms with van der Waals surface area (Å²) in [5.74, 6) is 2.63. The van der Waals surface area contributed by atoms with Crippen LogP contribution in [0.3, 0.4) is 0 Å². The maximum absolute atomic E-state index is 14.2. The van der Waals surface area contributed by atoms with Gasteiger partial charge in [-0.1, -0.05) is 19.8 Å². The van der Waals surface area contributed by atoms with Crippen LogP contribution >= 0.6 is 0 Å². The van der Waals surface area contributed by atoms with Crippen LogP contribution in [0.15, 0.2) is 0 Å². The van der Waals surface area contributed by atoms with Crippen LogP contribution in [-0.2, 0) is 0 Å². The highest BCUT2D eigenvalue weighted by Crippen LogP contribution is 2.46. The molecule has 3 aliphatic rings. The predicted molar refractivity (Wildman–Crippen MR) is 84.0 cm³/mol. The molecule has 0 bridgehead atoms. The molecule has 3 rings (SSSR count). The van der Waals surface area contributed by atoms with E-state index in [1.54, 1.807) is 0 Å². The molecule has 0 saturated heterocycles. The van der Waals surface area contributed by atoms with E-state index in [0.717, 1.165) is 30.6 Å². The van der Waals surface area contributed by atoms with Gasteiger partial charge in [0.25, 0.3) is 0 Å². The van der Waals surface area contributed by atoms with Crippen molar-refractivity contribution in [2.75, 3.05) is 0 Å². The second-order valence-corrected chi connectivity index (χ2v) is 8.34. The minimum Gasteiger partial charge on any atom is -0.244 e. The van der Waals surface area contributed by atoms with Gasteiger partial charge in [-0.2, -0.15) is 0 Å². The summed E-state index contributed by atoms with van der Waals surface area (Å²) in [7, 11) is 0. The highest BCUT2D eigenvalue weighted by Gasteiger charge is 2.44. The van der Waals surface area contributed by atoms with Gasteiger partial charge in [0.15, 0.2) is 6.17 Å². The van der Waals surface area contributed by atoms with E-state index in [1.165, 1.54) is 38.5 Å². The largest absolute Gasteiger partial charge is 0.244 e. The van der Waals surface area contributed by atoms with Crippen molar-refractivity contribution in [3.05, 3.63) is 0 Å². The first kappa shape index (κ1) is 16.6. The van der Waals surface area contributed by atoms with E-state index in [4.69, 9.17) is 0 Å². The van der Waals surface area contributed by atoms with Crippen LogP contribution in [0.1, 0.15) is 71.1 Å². The predicted octanol–water partition coefficient (Wildman–Crippen LogP) is 6.04. The Morgan fingerprint density at radius 1 is 0.545 bits per heavy atom. The summed E-state index contributed by atoms with van der Waals surface area (Å²) in [5, 5.41) is 0. The van der Waals surface area contributed by atoms with E-state index in [0.29, 0.717) is 12.3 Å². The molecule has 0 nitrogen and oxygen atoms in total. The number of hydrogen-bond acceptors (Lipinski definition) is 0. The lowest BCUT2D eigenvalue weighted by molar-refractivity contribution is -0.0257. The van der Waals surface area contributed by atoms with E-state index in [9.17, 15) is 13.2 Å². The van der Waals surface area contributed by atoms with Crippen LogP contribution in [-0.4, -0.2) is 18.5 Å². The highest BCUT2D eigenvalue weighted by molar-refractivity contribution is 4.93. The lowest BCUT2D eigenvalue weighted by Crippen LogP contribution is -2.43. The normalized spacial score (nSPS) is 50.7. The number of rotatable bonds is 2. The Hall–Kier alpha value is -0.210. The molecule has 0 aliphatic heterocycles. The number of hydrogen-bond donors (Lipinski definition) is 0. The monoisotopic (exact) mass is 316 g/mol. The smallest absolute Gasteiger partial charge is 0.162 e. The van der Waals surface area contributed by atoms with Crippen molar-refractivity contribution in [1.82, 2.24) is 0 Å². The standard InChI is InChI=1S/C19H31F3/c1-12-2-4-13(5-3-12)14-6-8-15(9-7-14)16-10-11-17(20)19(22)18(16)21/h12-19H,2-11H2,1H3. The molecule has 3 heteroatoms. The van der Waals surface area contributed by atoms with Crippen LogP contribution < -0.4 is 0 Å². The van der Waals surface area contributed by atoms with E-state index < -0.39 is 18.5 Å². The molecular weight excluding hydrogens is 285 g/mol. The zero-order valence-electron chi connectivity index (χ0n) is 13.8. The van der Waals surface area contributed by atoms with Gasteiger partial charge in [-0.3, -0.25) is 0 Å². The fraction of sp³-hybridized carbons (Fsp3) is 1.00. The molecule has 4 atom stereocenters. The third kappa shape index (κ3) is 3.48. The summed E-state index contributed by atoms with van der Waals surface area (Å²) >= 11 is 0. The molecule has 22 heavy (non-hydrogen) atoms. The van der Waals surface area contributed by atoms with Gasteiger partial charge in [-0.15, -0.1) is 0 Å². The average molecular weight is 316 g/mol. The number of halogens is 3. The number of alkyl halides is 3. The van der Waals surface area contributed by atoms with Crippen LogP contribution in [0.2, 0.25) is 0 Å². The molecule has 0 amide bonds. The molecule has 4 unspecified atom stereocenters. The first-order valence-electron chi connectivity index (χ1n) is 9.48. The Morgan fingerprint density at radius 3 is 1.64 bits per heavy atom. The summed E-state index contributed by atoms with van der Waals surface area (Å²) in [6.45, 7) is 2.35. The average Bonchev–Trinajstić information content (AvgIpc) is 2.54. The van der Waals surface area contributed by atoms with E-state index in [-0.39, 0.29) is 12.3 Å². The van der Waals surface area contributed by atoms with Gasteiger partial charge in [-0.25, -0.2) is 13.2 Å². The molecule has 0 N–H and O–H groups in total. The Labute approximate surface area is 133 Å². The maximum atomic E-state index is 14.2. The lowest BCUT2D eigenvalue weighted by Gasteiger charge is -2.42. The molecule has 3 saturated carbocycles. The minimum absolute atomic E-state index is 0.215. The first-order valence-corrected chi connectivity index (χ1v) is 9.48. The molecule has 0 radical (unpaired) electrons. The van der Waals surface area contributed by atoms with Crippen molar-refractivity contribution in [3.63, 3.8) is 0 Å². The molecule has 0 spiro atoms. The second kappa shape index (κ2) is 7.13. The Balaban J connectivity index is 1.49. The van der Waals surface area contributed by atoms with Crippen molar-refractivity contribution < 1.29 is 13.2 Å². The van der Waals surface area contributed by atoms with Gasteiger partial charge in [0.05, 0.1) is 0 Å². The molecule has 0 heterocycles. The zero-order valence-corrected chi connectivity index (χ0v) is 13.8. The van der Waals surface area contributed by atoms with Gasteiger partial charge >= 0.3 is 0 Å². The van der Waals surface area contributed by atoms with E-state index in [2.05, 4.69) is 6.92 Å². The van der Waals surface area contributed by atoms with Crippen LogP contribution in [0.4, 0.5) is 13.2 Å². The molecular formula is C19H31F3. The molecule has 0 aromatic heterocycles. The molecule has 3 aliphatic carbocycles. The van der Waals surface area contributed by atoms with Crippen molar-refractivity contribution >= 4 is 0 Å². The summed E-state index contributed by atoms with van der Waals surface area (Å²) in [5.41, 5.74) is 0. The van der Waals surface area contributed by atoms with Crippen molar-refractivity contribution in [3.8, 4) is 0 Å². The first-order chi connectivity index (χ1) is 10.6. The van der Waals surface area contributed by atoms with Gasteiger partial charge in [-0.05, 0) is 81.0 Å². The maximum Gasteiger partial charge on any atom is 0.162 e. The molecule has 0 aromatic rings. The van der Waals surface area contributed by atoms with Crippen molar-refractivity contribution in [2.24, 2.45) is 29.6 Å². The summed E-state index contributed by atoms with van der Waals surface area (Å²) in [6, 6.07) is 0. The second-order valence-electron chi connectivity index (χ2n) is 8.34. The quantitative estimate of drug-likeness (QED) is 0.582. The van der Waals surface area contributed by atoms with Gasteiger partial charge in [0.1, 0.15) is 12.3 Å². The Morgan fingerprint density at radius 2 is 1.05 bits per heavy atom. The van der Waals surface area contributed by atoms with Crippen molar-refractivity contribution in [2.45, 2.75) is 89.6 Å². The zero-order chi connectivity index (χ0) is 15.7. The topological polar surface area (TPSA) is 0 Å². The van der Waals surface area contributed by atoms with Gasteiger partial charge < -0.3 is 0 Å². The van der Waals surface area contributed by atoms with Crippen LogP contribution in [0, 0.1) is 29.6 Å². The summed E-state index contributed by atoms with van der Waals surface area (Å²) in [4.78, 5) is 0. The van der Waals surface area contributed by atoms with E-state index >= 15 is 0 Å². The van der Waals surface area contributed by atoms with E-state index in [1.807, 2.05) is 0 Å². The fourth-order valence-corrected chi connectivity index (χ4v) is 5.40. The Kier molecular flexibility index (Phi) is 5.39. The third-order valence-electron chi connectivity index (χ3n) is 6.98. The summed E-state index contributed by atoms with van der Waals surface area (Å²) < 4.78 is 41.1.